The van der Waals surface area contributed by atoms with Crippen LogP contribution in [0.4, 0.5) is 5.69 Å². The van der Waals surface area contributed by atoms with Crippen molar-refractivity contribution in [3.63, 3.8) is 0 Å². The van der Waals surface area contributed by atoms with Gasteiger partial charge in [0, 0.05) is 44.0 Å². The lowest BCUT2D eigenvalue weighted by Gasteiger charge is -2.35. The minimum absolute atomic E-state index is 0.0726. The molecule has 3 heterocycles. The Morgan fingerprint density at radius 2 is 1.72 bits per heavy atom. The smallest absolute Gasteiger partial charge is 0.264 e. The van der Waals surface area contributed by atoms with Crippen molar-refractivity contribution in [1.82, 2.24) is 9.80 Å². The van der Waals surface area contributed by atoms with Gasteiger partial charge in [0.05, 0.1) is 4.88 Å². The fourth-order valence-corrected chi connectivity index (χ4v) is 4.24. The van der Waals surface area contributed by atoms with Crippen molar-refractivity contribution in [2.24, 2.45) is 0 Å². The lowest BCUT2D eigenvalue weighted by Crippen LogP contribution is -2.50. The van der Waals surface area contributed by atoms with Gasteiger partial charge in [0.15, 0.2) is 0 Å². The summed E-state index contributed by atoms with van der Waals surface area (Å²) in [7, 11) is 0. The molecule has 0 radical (unpaired) electrons. The van der Waals surface area contributed by atoms with Crippen LogP contribution in [0.5, 0.6) is 0 Å². The molecule has 0 bridgehead atoms. The Bertz CT molecular complexity index is 780. The van der Waals surface area contributed by atoms with Crippen molar-refractivity contribution in [3.05, 3.63) is 51.7 Å². The van der Waals surface area contributed by atoms with Crippen molar-refractivity contribution in [3.8, 4) is 0 Å². The number of fused-ring (bicyclic) bond motifs is 1. The maximum atomic E-state index is 13.0. The van der Waals surface area contributed by atoms with Crippen LogP contribution < -0.4 is 5.32 Å². The van der Waals surface area contributed by atoms with Crippen molar-refractivity contribution in [2.45, 2.75) is 12.8 Å². The second-order valence-corrected chi connectivity index (χ2v) is 7.37. The van der Waals surface area contributed by atoms with Crippen LogP contribution >= 0.6 is 11.3 Å². The number of anilines is 1. The minimum Gasteiger partial charge on any atom is -0.385 e. The summed E-state index contributed by atoms with van der Waals surface area (Å²) in [6.07, 6.45) is 2.00. The van der Waals surface area contributed by atoms with Crippen LogP contribution in [-0.2, 0) is 6.42 Å². The first-order valence-corrected chi connectivity index (χ1v) is 9.60. The number of carbonyl (C=O) groups excluding carboxylic acids is 2. The third kappa shape index (κ3) is 3.14. The summed E-state index contributed by atoms with van der Waals surface area (Å²) in [5.41, 5.74) is 3.03. The van der Waals surface area contributed by atoms with E-state index in [1.165, 1.54) is 11.3 Å². The number of nitrogens with one attached hydrogen (secondary N) is 1. The summed E-state index contributed by atoms with van der Waals surface area (Å²) >= 11 is 1.47. The van der Waals surface area contributed by atoms with E-state index < -0.39 is 0 Å². The summed E-state index contributed by atoms with van der Waals surface area (Å²) in [4.78, 5) is 29.9. The van der Waals surface area contributed by atoms with Gasteiger partial charge in [-0.25, -0.2) is 0 Å². The van der Waals surface area contributed by atoms with E-state index in [-0.39, 0.29) is 11.8 Å². The summed E-state index contributed by atoms with van der Waals surface area (Å²) in [5, 5.41) is 5.29. The molecule has 1 saturated heterocycles. The molecule has 5 nitrogen and oxygen atoms in total. The lowest BCUT2D eigenvalue weighted by atomic mass is 9.96. The van der Waals surface area contributed by atoms with E-state index in [0.717, 1.165) is 41.1 Å². The molecule has 2 amide bonds. The van der Waals surface area contributed by atoms with Gasteiger partial charge in [0.1, 0.15) is 0 Å². The number of nitrogens with zero attached hydrogens (tertiary/aromatic N) is 2. The second kappa shape index (κ2) is 6.88. The Morgan fingerprint density at radius 3 is 2.44 bits per heavy atom. The van der Waals surface area contributed by atoms with Gasteiger partial charge in [-0.1, -0.05) is 12.1 Å². The Balaban J connectivity index is 1.44. The van der Waals surface area contributed by atoms with Gasteiger partial charge in [0.25, 0.3) is 11.8 Å². The normalized spacial score (nSPS) is 17.0. The van der Waals surface area contributed by atoms with E-state index in [4.69, 9.17) is 0 Å². The quantitative estimate of drug-likeness (QED) is 0.901. The average molecular weight is 355 g/mol. The standard InChI is InChI=1S/C19H21N3O2S/c23-18(15-4-1-6-16-14(15)5-2-8-20-16)21-9-11-22(12-10-21)19(24)17-7-3-13-25-17/h1,3-4,6-7,13,20H,2,5,8-12H2. The molecule has 0 spiro atoms. The van der Waals surface area contributed by atoms with Gasteiger partial charge in [0.2, 0.25) is 0 Å². The third-order valence-corrected chi connectivity index (χ3v) is 5.77. The molecule has 0 aliphatic carbocycles. The highest BCUT2D eigenvalue weighted by Gasteiger charge is 2.27. The molecule has 6 heteroatoms. The molecular formula is C19H21N3O2S. The zero-order valence-corrected chi connectivity index (χ0v) is 14.8. The molecule has 2 aliphatic heterocycles. The third-order valence-electron chi connectivity index (χ3n) is 4.91. The van der Waals surface area contributed by atoms with Crippen LogP contribution in [0.3, 0.4) is 0 Å². The van der Waals surface area contributed by atoms with Gasteiger partial charge in [-0.2, -0.15) is 0 Å². The predicted octanol–water partition coefficient (Wildman–Crippen LogP) is 2.70. The Morgan fingerprint density at radius 1 is 0.960 bits per heavy atom. The number of rotatable bonds is 2. The van der Waals surface area contributed by atoms with Gasteiger partial charge in [-0.3, -0.25) is 9.59 Å². The van der Waals surface area contributed by atoms with Crippen molar-refractivity contribution < 1.29 is 9.59 Å². The zero-order chi connectivity index (χ0) is 17.2. The fraction of sp³-hybridized carbons (Fsp3) is 0.368. The van der Waals surface area contributed by atoms with Crippen LogP contribution in [0.25, 0.3) is 0 Å². The topological polar surface area (TPSA) is 52.7 Å². The maximum absolute atomic E-state index is 13.0. The van der Waals surface area contributed by atoms with Crippen LogP contribution in [-0.4, -0.2) is 54.3 Å². The van der Waals surface area contributed by atoms with Crippen LogP contribution in [0.15, 0.2) is 35.7 Å². The highest BCUT2D eigenvalue weighted by molar-refractivity contribution is 7.12. The highest BCUT2D eigenvalue weighted by Crippen LogP contribution is 2.26. The first-order chi connectivity index (χ1) is 12.2. The Hall–Kier alpha value is -2.34. The molecule has 0 atom stereocenters. The van der Waals surface area contributed by atoms with Gasteiger partial charge >= 0.3 is 0 Å². The van der Waals surface area contributed by atoms with E-state index in [9.17, 15) is 9.59 Å². The number of thiophene rings is 1. The zero-order valence-electron chi connectivity index (χ0n) is 14.0. The van der Waals surface area contributed by atoms with Crippen LogP contribution in [0, 0.1) is 0 Å². The summed E-state index contributed by atoms with van der Waals surface area (Å²) < 4.78 is 0. The lowest BCUT2D eigenvalue weighted by molar-refractivity contribution is 0.0537. The molecule has 1 aromatic carbocycles. The molecule has 25 heavy (non-hydrogen) atoms. The van der Waals surface area contributed by atoms with Gasteiger partial charge in [-0.05, 0) is 42.0 Å². The second-order valence-electron chi connectivity index (χ2n) is 6.42. The number of benzene rings is 1. The van der Waals surface area contributed by atoms with Crippen molar-refractivity contribution in [2.75, 3.05) is 38.0 Å². The molecule has 2 aromatic rings. The maximum Gasteiger partial charge on any atom is 0.264 e. The predicted molar refractivity (Wildman–Crippen MR) is 99.4 cm³/mol. The first-order valence-electron chi connectivity index (χ1n) is 8.72. The van der Waals surface area contributed by atoms with Crippen LogP contribution in [0.2, 0.25) is 0 Å². The molecule has 4 rings (SSSR count). The number of amides is 2. The molecule has 1 aromatic heterocycles. The average Bonchev–Trinajstić information content (AvgIpc) is 3.21. The summed E-state index contributed by atoms with van der Waals surface area (Å²) in [5.74, 6) is 0.159. The Kier molecular flexibility index (Phi) is 4.44. The molecule has 0 unspecified atom stereocenters. The van der Waals surface area contributed by atoms with E-state index >= 15 is 0 Å². The summed E-state index contributed by atoms with van der Waals surface area (Å²) in [6, 6.07) is 9.67. The molecule has 0 saturated carbocycles. The Labute approximate surface area is 151 Å². The van der Waals surface area contributed by atoms with E-state index in [1.807, 2.05) is 45.5 Å². The largest absolute Gasteiger partial charge is 0.385 e. The molecule has 2 aliphatic rings. The molecule has 130 valence electrons. The highest BCUT2D eigenvalue weighted by atomic mass is 32.1. The minimum atomic E-state index is 0.0726. The molecule has 1 fully saturated rings. The number of piperazine rings is 1. The molecular weight excluding hydrogens is 334 g/mol. The van der Waals surface area contributed by atoms with E-state index in [2.05, 4.69) is 5.32 Å². The van der Waals surface area contributed by atoms with E-state index in [1.54, 1.807) is 0 Å². The summed E-state index contributed by atoms with van der Waals surface area (Å²) in [6.45, 7) is 3.33. The molecule has 1 N–H and O–H groups in total. The first kappa shape index (κ1) is 16.1. The van der Waals surface area contributed by atoms with Gasteiger partial charge in [-0.15, -0.1) is 11.3 Å². The number of carbonyl (C=O) groups is 2. The van der Waals surface area contributed by atoms with E-state index in [0.29, 0.717) is 26.2 Å². The number of hydrogen-bond donors (Lipinski definition) is 1. The SMILES string of the molecule is O=C(c1cccs1)N1CCN(C(=O)c2cccc3c2CCCN3)CC1. The van der Waals surface area contributed by atoms with Crippen LogP contribution in [0.1, 0.15) is 32.0 Å². The van der Waals surface area contributed by atoms with Gasteiger partial charge < -0.3 is 15.1 Å². The van der Waals surface area contributed by atoms with Crippen molar-refractivity contribution in [1.29, 1.82) is 0 Å². The number of hydrogen-bond acceptors (Lipinski definition) is 4. The fourth-order valence-electron chi connectivity index (χ4n) is 3.55. The van der Waals surface area contributed by atoms with Crippen molar-refractivity contribution >= 4 is 28.8 Å². The monoisotopic (exact) mass is 355 g/mol.